The molecule has 0 bridgehead atoms. The van der Waals surface area contributed by atoms with E-state index in [-0.39, 0.29) is 0 Å². The third-order valence-corrected chi connectivity index (χ3v) is 2.59. The van der Waals surface area contributed by atoms with Gasteiger partial charge in [-0.15, -0.1) is 17.8 Å². The molecule has 1 unspecified atom stereocenters. The van der Waals surface area contributed by atoms with Gasteiger partial charge in [-0.25, -0.2) is 0 Å². The van der Waals surface area contributed by atoms with Crippen molar-refractivity contribution in [2.75, 3.05) is 0 Å². The highest BCUT2D eigenvalue weighted by Crippen LogP contribution is 2.20. The lowest BCUT2D eigenvalue weighted by Crippen LogP contribution is -2.37. The van der Waals surface area contributed by atoms with Gasteiger partial charge in [-0.1, -0.05) is 5.92 Å². The van der Waals surface area contributed by atoms with Crippen molar-refractivity contribution >= 4 is 11.9 Å². The average Bonchev–Trinajstić information content (AvgIpc) is 2.35. The van der Waals surface area contributed by atoms with Crippen LogP contribution in [0.25, 0.3) is 0 Å². The Bertz CT molecular complexity index is 440. The molecular weight excluding hydrogens is 244 g/mol. The molecule has 1 atom stereocenters. The van der Waals surface area contributed by atoms with Gasteiger partial charge in [0.15, 0.2) is 5.41 Å². The summed E-state index contributed by atoms with van der Waals surface area (Å²) < 4.78 is 5.24. The molecule has 0 saturated carbocycles. The molecule has 0 aromatic heterocycles. The predicted molar refractivity (Wildman–Crippen MR) is 72.0 cm³/mol. The molecule has 4 heteroatoms. The molecule has 0 aliphatic heterocycles. The molecule has 1 N–H and O–H groups in total. The van der Waals surface area contributed by atoms with E-state index < -0.39 is 23.5 Å². The van der Waals surface area contributed by atoms with Crippen molar-refractivity contribution in [3.05, 3.63) is 0 Å². The lowest BCUT2D eigenvalue weighted by molar-refractivity contribution is -0.169. The van der Waals surface area contributed by atoms with Crippen LogP contribution in [0, 0.1) is 29.1 Å². The van der Waals surface area contributed by atoms with Gasteiger partial charge in [-0.2, -0.15) is 0 Å². The number of aliphatic carboxylic acids is 1. The summed E-state index contributed by atoms with van der Waals surface area (Å²) in [7, 11) is 0. The van der Waals surface area contributed by atoms with Crippen molar-refractivity contribution < 1.29 is 19.4 Å². The van der Waals surface area contributed by atoms with Gasteiger partial charge in [0.25, 0.3) is 0 Å². The topological polar surface area (TPSA) is 63.6 Å². The van der Waals surface area contributed by atoms with E-state index in [0.717, 1.165) is 0 Å². The number of hydrogen-bond donors (Lipinski definition) is 1. The molecule has 0 radical (unpaired) electrons. The number of carbonyl (C=O) groups is 2. The smallest absolute Gasteiger partial charge is 0.323 e. The minimum Gasteiger partial charge on any atom is -0.480 e. The van der Waals surface area contributed by atoms with Crippen LogP contribution < -0.4 is 0 Å². The average molecular weight is 264 g/mol. The van der Waals surface area contributed by atoms with E-state index in [1.165, 1.54) is 13.8 Å². The number of hydrogen-bond acceptors (Lipinski definition) is 3. The fraction of sp³-hybridized carbons (Fsp3) is 0.600. The second kappa shape index (κ2) is 8.21. The summed E-state index contributed by atoms with van der Waals surface area (Å²) in [4.78, 5) is 22.8. The van der Waals surface area contributed by atoms with Gasteiger partial charge >= 0.3 is 11.9 Å². The molecule has 4 nitrogen and oxygen atoms in total. The molecule has 0 heterocycles. The molecule has 0 rings (SSSR count). The minimum absolute atomic E-state index is 0.392. The van der Waals surface area contributed by atoms with E-state index >= 15 is 0 Å². The Labute approximate surface area is 114 Å². The Morgan fingerprint density at radius 3 is 2.26 bits per heavy atom. The maximum atomic E-state index is 11.8. The van der Waals surface area contributed by atoms with Gasteiger partial charge < -0.3 is 9.84 Å². The van der Waals surface area contributed by atoms with E-state index in [4.69, 9.17) is 9.84 Å². The van der Waals surface area contributed by atoms with Crippen LogP contribution in [0.15, 0.2) is 0 Å². The first-order valence-corrected chi connectivity index (χ1v) is 6.10. The summed E-state index contributed by atoms with van der Waals surface area (Å²) in [6, 6.07) is 0. The SMILES string of the molecule is CC#CCCC(CC#CC)OC(=O)C(C)(C)C(=O)O. The van der Waals surface area contributed by atoms with E-state index in [1.807, 2.05) is 0 Å². The predicted octanol–water partition coefficient (Wildman–Crippen LogP) is 2.23. The second-order valence-corrected chi connectivity index (χ2v) is 4.55. The summed E-state index contributed by atoms with van der Waals surface area (Å²) in [5.74, 6) is 9.27. The fourth-order valence-electron chi connectivity index (χ4n) is 1.16. The molecule has 104 valence electrons. The van der Waals surface area contributed by atoms with Gasteiger partial charge in [-0.3, -0.25) is 9.59 Å². The Hall–Kier alpha value is -1.94. The van der Waals surface area contributed by atoms with Crippen molar-refractivity contribution in [2.24, 2.45) is 5.41 Å². The zero-order chi connectivity index (χ0) is 14.9. The molecule has 0 amide bonds. The Kier molecular flexibility index (Phi) is 7.37. The van der Waals surface area contributed by atoms with Crippen molar-refractivity contribution in [2.45, 2.75) is 53.1 Å². The van der Waals surface area contributed by atoms with Crippen molar-refractivity contribution in [3.63, 3.8) is 0 Å². The van der Waals surface area contributed by atoms with Gasteiger partial charge in [0.2, 0.25) is 0 Å². The first-order chi connectivity index (χ1) is 8.86. The number of carboxylic acids is 1. The monoisotopic (exact) mass is 264 g/mol. The zero-order valence-electron chi connectivity index (χ0n) is 11.9. The largest absolute Gasteiger partial charge is 0.480 e. The normalized spacial score (nSPS) is 11.4. The summed E-state index contributed by atoms with van der Waals surface area (Å²) >= 11 is 0. The Balaban J connectivity index is 4.67. The van der Waals surface area contributed by atoms with E-state index in [9.17, 15) is 9.59 Å². The van der Waals surface area contributed by atoms with Crippen LogP contribution >= 0.6 is 0 Å². The third-order valence-electron chi connectivity index (χ3n) is 2.59. The second-order valence-electron chi connectivity index (χ2n) is 4.55. The first kappa shape index (κ1) is 17.1. The van der Waals surface area contributed by atoms with Crippen LogP contribution in [-0.4, -0.2) is 23.1 Å². The number of ether oxygens (including phenoxy) is 1. The van der Waals surface area contributed by atoms with Crippen LogP contribution in [0.1, 0.15) is 47.0 Å². The number of rotatable bonds is 6. The van der Waals surface area contributed by atoms with Gasteiger partial charge in [-0.05, 0) is 34.1 Å². The summed E-state index contributed by atoms with van der Waals surface area (Å²) in [5.41, 5.74) is -1.55. The van der Waals surface area contributed by atoms with Gasteiger partial charge in [0.1, 0.15) is 6.10 Å². The van der Waals surface area contributed by atoms with E-state index in [2.05, 4.69) is 23.7 Å². The van der Waals surface area contributed by atoms with E-state index in [0.29, 0.717) is 19.3 Å². The van der Waals surface area contributed by atoms with Crippen LogP contribution in [0.3, 0.4) is 0 Å². The molecule has 19 heavy (non-hydrogen) atoms. The Morgan fingerprint density at radius 2 is 1.79 bits per heavy atom. The molecule has 0 aliphatic carbocycles. The van der Waals surface area contributed by atoms with Crippen LogP contribution in [0.4, 0.5) is 0 Å². The van der Waals surface area contributed by atoms with Crippen LogP contribution in [0.2, 0.25) is 0 Å². The zero-order valence-corrected chi connectivity index (χ0v) is 11.9. The van der Waals surface area contributed by atoms with Crippen molar-refractivity contribution in [3.8, 4) is 23.7 Å². The van der Waals surface area contributed by atoms with Crippen LogP contribution in [0.5, 0.6) is 0 Å². The molecule has 0 fully saturated rings. The standard InChI is InChI=1S/C15H20O4/c1-5-7-9-11-12(10-8-6-2)19-14(18)15(3,4)13(16)17/h12H,9-11H2,1-4H3,(H,16,17). The quantitative estimate of drug-likeness (QED) is 0.454. The van der Waals surface area contributed by atoms with Gasteiger partial charge in [0, 0.05) is 12.8 Å². The molecule has 0 saturated heterocycles. The molecule has 0 aromatic rings. The highest BCUT2D eigenvalue weighted by Gasteiger charge is 2.38. The third kappa shape index (κ3) is 5.97. The summed E-state index contributed by atoms with van der Waals surface area (Å²) in [6.07, 6.45) is 1.12. The maximum Gasteiger partial charge on any atom is 0.323 e. The fourth-order valence-corrected chi connectivity index (χ4v) is 1.16. The lowest BCUT2D eigenvalue weighted by atomic mass is 9.94. The molecule has 0 aliphatic rings. The number of carboxylic acid groups (broad SMARTS) is 1. The minimum atomic E-state index is -1.55. The lowest BCUT2D eigenvalue weighted by Gasteiger charge is -2.22. The van der Waals surface area contributed by atoms with Crippen molar-refractivity contribution in [1.29, 1.82) is 0 Å². The molecular formula is C15H20O4. The number of carbonyl (C=O) groups excluding carboxylic acids is 1. The number of esters is 1. The highest BCUT2D eigenvalue weighted by atomic mass is 16.5. The molecule has 0 spiro atoms. The van der Waals surface area contributed by atoms with E-state index in [1.54, 1.807) is 13.8 Å². The van der Waals surface area contributed by atoms with Crippen molar-refractivity contribution in [1.82, 2.24) is 0 Å². The summed E-state index contributed by atoms with van der Waals surface area (Å²) in [5, 5.41) is 8.96. The maximum absolute atomic E-state index is 11.8. The summed E-state index contributed by atoms with van der Waals surface area (Å²) in [6.45, 7) is 6.09. The van der Waals surface area contributed by atoms with Crippen LogP contribution in [-0.2, 0) is 14.3 Å². The first-order valence-electron chi connectivity index (χ1n) is 6.10. The Morgan fingerprint density at radius 1 is 1.21 bits per heavy atom. The van der Waals surface area contributed by atoms with Gasteiger partial charge in [0.05, 0.1) is 0 Å². The molecule has 0 aromatic carbocycles. The highest BCUT2D eigenvalue weighted by molar-refractivity contribution is 5.98.